The zero-order valence-corrected chi connectivity index (χ0v) is 9.58. The molecular formula is C9H10INO2. The van der Waals surface area contributed by atoms with E-state index in [0.29, 0.717) is 17.0 Å². The first-order valence-corrected chi connectivity index (χ1v) is 4.78. The number of nitrogen functional groups attached to an aromatic ring is 1. The van der Waals surface area contributed by atoms with Crippen LogP contribution in [0.5, 0.6) is 5.75 Å². The van der Waals surface area contributed by atoms with Crippen LogP contribution in [0.3, 0.4) is 0 Å². The van der Waals surface area contributed by atoms with Gasteiger partial charge in [0.2, 0.25) is 0 Å². The maximum Gasteiger partial charge on any atom is 0.163 e. The molecule has 1 aromatic carbocycles. The Morgan fingerprint density at radius 2 is 2.15 bits per heavy atom. The molecule has 2 N–H and O–H groups in total. The van der Waals surface area contributed by atoms with Gasteiger partial charge in [-0.3, -0.25) is 4.79 Å². The number of nitrogens with two attached hydrogens (primary N) is 1. The van der Waals surface area contributed by atoms with Crippen molar-refractivity contribution >= 4 is 34.1 Å². The SMILES string of the molecule is COc1c(C(C)=O)ccc(I)c1N. The van der Waals surface area contributed by atoms with Crippen LogP contribution in [0, 0.1) is 3.57 Å². The van der Waals surface area contributed by atoms with E-state index in [9.17, 15) is 4.79 Å². The summed E-state index contributed by atoms with van der Waals surface area (Å²) in [5, 5.41) is 0. The lowest BCUT2D eigenvalue weighted by Gasteiger charge is -2.09. The summed E-state index contributed by atoms with van der Waals surface area (Å²) < 4.78 is 5.96. The second-order valence-corrected chi connectivity index (χ2v) is 3.76. The van der Waals surface area contributed by atoms with Crippen LogP contribution >= 0.6 is 22.6 Å². The number of hydrogen-bond acceptors (Lipinski definition) is 3. The highest BCUT2D eigenvalue weighted by molar-refractivity contribution is 14.1. The van der Waals surface area contributed by atoms with Gasteiger partial charge in [0.1, 0.15) is 0 Å². The molecule has 0 unspecified atom stereocenters. The van der Waals surface area contributed by atoms with E-state index in [1.165, 1.54) is 14.0 Å². The van der Waals surface area contributed by atoms with Gasteiger partial charge in [-0.15, -0.1) is 0 Å². The average molecular weight is 291 g/mol. The normalized spacial score (nSPS) is 9.77. The molecule has 70 valence electrons. The van der Waals surface area contributed by atoms with Crippen molar-refractivity contribution in [2.75, 3.05) is 12.8 Å². The predicted molar refractivity (Wildman–Crippen MR) is 60.1 cm³/mol. The van der Waals surface area contributed by atoms with Gasteiger partial charge in [-0.05, 0) is 41.6 Å². The predicted octanol–water partition coefficient (Wildman–Crippen LogP) is 2.08. The van der Waals surface area contributed by atoms with Crippen LogP contribution in [0.25, 0.3) is 0 Å². The topological polar surface area (TPSA) is 52.3 Å². The molecule has 3 nitrogen and oxygen atoms in total. The maximum absolute atomic E-state index is 11.2. The Balaban J connectivity index is 3.38. The number of ether oxygens (including phenoxy) is 1. The molecule has 1 rings (SSSR count). The van der Waals surface area contributed by atoms with Crippen molar-refractivity contribution in [2.45, 2.75) is 6.92 Å². The molecule has 0 heterocycles. The van der Waals surface area contributed by atoms with Gasteiger partial charge < -0.3 is 10.5 Å². The van der Waals surface area contributed by atoms with Gasteiger partial charge in [-0.1, -0.05) is 0 Å². The Morgan fingerprint density at radius 3 is 2.62 bits per heavy atom. The number of rotatable bonds is 2. The lowest BCUT2D eigenvalue weighted by molar-refractivity contribution is 0.101. The molecule has 0 fully saturated rings. The zero-order valence-electron chi connectivity index (χ0n) is 7.43. The molecule has 0 radical (unpaired) electrons. The van der Waals surface area contributed by atoms with Crippen molar-refractivity contribution in [1.82, 2.24) is 0 Å². The molecule has 0 saturated carbocycles. The number of hydrogen-bond donors (Lipinski definition) is 1. The van der Waals surface area contributed by atoms with Gasteiger partial charge in [-0.2, -0.15) is 0 Å². The van der Waals surface area contributed by atoms with E-state index in [4.69, 9.17) is 10.5 Å². The maximum atomic E-state index is 11.2. The van der Waals surface area contributed by atoms with E-state index in [2.05, 4.69) is 22.6 Å². The van der Waals surface area contributed by atoms with Gasteiger partial charge in [0, 0.05) is 3.57 Å². The number of anilines is 1. The first-order valence-electron chi connectivity index (χ1n) is 3.70. The summed E-state index contributed by atoms with van der Waals surface area (Å²) in [6.45, 7) is 1.49. The summed E-state index contributed by atoms with van der Waals surface area (Å²) in [7, 11) is 1.51. The number of carbonyl (C=O) groups is 1. The molecule has 0 spiro atoms. The zero-order chi connectivity index (χ0) is 10.0. The summed E-state index contributed by atoms with van der Waals surface area (Å²) in [5.74, 6) is 0.430. The molecule has 0 aromatic heterocycles. The Bertz CT molecular complexity index is 350. The minimum atomic E-state index is -0.0417. The number of methoxy groups -OCH3 is 1. The molecule has 1 aromatic rings. The van der Waals surface area contributed by atoms with Crippen LogP contribution in [0.4, 0.5) is 5.69 Å². The summed E-state index contributed by atoms with van der Waals surface area (Å²) in [6, 6.07) is 3.52. The van der Waals surface area contributed by atoms with E-state index in [0.717, 1.165) is 3.57 Å². The van der Waals surface area contributed by atoms with Gasteiger partial charge in [-0.25, -0.2) is 0 Å². The summed E-state index contributed by atoms with van der Waals surface area (Å²) in [6.07, 6.45) is 0. The fourth-order valence-corrected chi connectivity index (χ4v) is 1.50. The van der Waals surface area contributed by atoms with Crippen LogP contribution in [-0.4, -0.2) is 12.9 Å². The van der Waals surface area contributed by atoms with Crippen molar-refractivity contribution in [3.8, 4) is 5.75 Å². The molecule has 0 amide bonds. The van der Waals surface area contributed by atoms with Crippen molar-refractivity contribution < 1.29 is 9.53 Å². The van der Waals surface area contributed by atoms with Crippen LogP contribution in [-0.2, 0) is 0 Å². The third-order valence-corrected chi connectivity index (χ3v) is 2.67. The highest BCUT2D eigenvalue weighted by Gasteiger charge is 2.12. The van der Waals surface area contributed by atoms with E-state index >= 15 is 0 Å². The van der Waals surface area contributed by atoms with E-state index in [-0.39, 0.29) is 5.78 Å². The van der Waals surface area contributed by atoms with Gasteiger partial charge in [0.05, 0.1) is 18.4 Å². The Labute approximate surface area is 90.4 Å². The monoisotopic (exact) mass is 291 g/mol. The molecule has 4 heteroatoms. The van der Waals surface area contributed by atoms with Crippen molar-refractivity contribution in [1.29, 1.82) is 0 Å². The van der Waals surface area contributed by atoms with Crippen molar-refractivity contribution in [2.24, 2.45) is 0 Å². The minimum Gasteiger partial charge on any atom is -0.494 e. The first-order chi connectivity index (χ1) is 6.07. The van der Waals surface area contributed by atoms with Crippen LogP contribution in [0.2, 0.25) is 0 Å². The molecule has 0 aliphatic heterocycles. The summed E-state index contributed by atoms with van der Waals surface area (Å²) in [5.41, 5.74) is 6.80. The fourth-order valence-electron chi connectivity index (χ4n) is 1.07. The number of carbonyl (C=O) groups excluding carboxylic acids is 1. The fraction of sp³-hybridized carbons (Fsp3) is 0.222. The highest BCUT2D eigenvalue weighted by atomic mass is 127. The number of ketones is 1. The van der Waals surface area contributed by atoms with Crippen molar-refractivity contribution in [3.63, 3.8) is 0 Å². The van der Waals surface area contributed by atoms with Gasteiger partial charge in [0.25, 0.3) is 0 Å². The molecule has 0 saturated heterocycles. The lowest BCUT2D eigenvalue weighted by atomic mass is 10.1. The van der Waals surface area contributed by atoms with E-state index in [1.807, 2.05) is 0 Å². The smallest absolute Gasteiger partial charge is 0.163 e. The largest absolute Gasteiger partial charge is 0.494 e. The highest BCUT2D eigenvalue weighted by Crippen LogP contribution is 2.30. The molecule has 0 aliphatic rings. The molecular weight excluding hydrogens is 281 g/mol. The molecule has 13 heavy (non-hydrogen) atoms. The molecule has 0 bridgehead atoms. The average Bonchev–Trinajstić information content (AvgIpc) is 2.09. The quantitative estimate of drug-likeness (QED) is 0.515. The Hall–Kier alpha value is -0.780. The molecule has 0 atom stereocenters. The minimum absolute atomic E-state index is 0.0417. The van der Waals surface area contributed by atoms with Crippen LogP contribution in [0.15, 0.2) is 12.1 Å². The van der Waals surface area contributed by atoms with Gasteiger partial charge >= 0.3 is 0 Å². The van der Waals surface area contributed by atoms with E-state index in [1.54, 1.807) is 12.1 Å². The van der Waals surface area contributed by atoms with E-state index < -0.39 is 0 Å². The third-order valence-electron chi connectivity index (χ3n) is 1.73. The lowest BCUT2D eigenvalue weighted by Crippen LogP contribution is -2.02. The van der Waals surface area contributed by atoms with Crippen LogP contribution < -0.4 is 10.5 Å². The number of benzene rings is 1. The first kappa shape index (κ1) is 10.3. The Kier molecular flexibility index (Phi) is 3.13. The van der Waals surface area contributed by atoms with Gasteiger partial charge in [0.15, 0.2) is 11.5 Å². The Morgan fingerprint density at radius 1 is 1.54 bits per heavy atom. The second kappa shape index (κ2) is 3.95. The second-order valence-electron chi connectivity index (χ2n) is 2.60. The standard InChI is InChI=1S/C9H10INO2/c1-5(12)6-3-4-7(10)8(11)9(6)13-2/h3-4H,11H2,1-2H3. The summed E-state index contributed by atoms with van der Waals surface area (Å²) in [4.78, 5) is 11.2. The third kappa shape index (κ3) is 1.93. The summed E-state index contributed by atoms with van der Waals surface area (Å²) >= 11 is 2.10. The van der Waals surface area contributed by atoms with Crippen molar-refractivity contribution in [3.05, 3.63) is 21.3 Å². The van der Waals surface area contributed by atoms with Crippen LogP contribution in [0.1, 0.15) is 17.3 Å². The number of halogens is 1. The number of Topliss-reactive ketones (excluding diaryl/α,β-unsaturated/α-hetero) is 1. The molecule has 0 aliphatic carbocycles.